The second-order valence-electron chi connectivity index (χ2n) is 4.97. The first-order valence-corrected chi connectivity index (χ1v) is 7.32. The molecule has 0 bridgehead atoms. The Bertz CT molecular complexity index is 820. The molecule has 2 aromatic heterocycles. The van der Waals surface area contributed by atoms with Gasteiger partial charge in [-0.05, 0) is 39.0 Å². The number of benzene rings is 1. The van der Waals surface area contributed by atoms with Gasteiger partial charge in [0.25, 0.3) is 0 Å². The average Bonchev–Trinajstić information content (AvgIpc) is 3.00. The molecule has 0 atom stereocenters. The quantitative estimate of drug-likeness (QED) is 0.715. The Balaban J connectivity index is 2.31. The molecule has 0 aliphatic carbocycles. The van der Waals surface area contributed by atoms with Gasteiger partial charge in [0, 0.05) is 11.4 Å². The highest BCUT2D eigenvalue weighted by Gasteiger charge is 2.17. The first-order valence-electron chi connectivity index (χ1n) is 6.44. The highest BCUT2D eigenvalue weighted by Crippen LogP contribution is 2.29. The lowest BCUT2D eigenvalue weighted by molar-refractivity contribution is 0.623. The van der Waals surface area contributed by atoms with E-state index in [0.717, 1.165) is 27.6 Å². The van der Waals surface area contributed by atoms with Crippen LogP contribution in [0.2, 0.25) is 0 Å². The number of aryl methyl sites for hydroxylation is 1. The van der Waals surface area contributed by atoms with Crippen molar-refractivity contribution in [3.63, 3.8) is 0 Å². The lowest BCUT2D eigenvalue weighted by atomic mass is 10.2. The monoisotopic (exact) mass is 282 g/mol. The standard InChI is InChI=1S/C15H14N4S/c1-9(2)19-14-5-4-11(7-16)6-12(14)18-15(19)13-8-20-10(3)17-13/h4-6,8-9H,1-3H3. The Morgan fingerprint density at radius 1 is 1.30 bits per heavy atom. The second-order valence-corrected chi connectivity index (χ2v) is 6.03. The van der Waals surface area contributed by atoms with Gasteiger partial charge in [-0.25, -0.2) is 9.97 Å². The average molecular weight is 282 g/mol. The van der Waals surface area contributed by atoms with Crippen molar-refractivity contribution in [2.45, 2.75) is 26.8 Å². The summed E-state index contributed by atoms with van der Waals surface area (Å²) < 4.78 is 2.17. The number of imidazole rings is 1. The third kappa shape index (κ3) is 1.98. The fraction of sp³-hybridized carbons (Fsp3) is 0.267. The summed E-state index contributed by atoms with van der Waals surface area (Å²) in [6, 6.07) is 8.06. The maximum atomic E-state index is 9.01. The Hall–Kier alpha value is -2.19. The fourth-order valence-corrected chi connectivity index (χ4v) is 2.93. The van der Waals surface area contributed by atoms with Crippen LogP contribution in [0.3, 0.4) is 0 Å². The van der Waals surface area contributed by atoms with E-state index in [1.54, 1.807) is 11.3 Å². The maximum Gasteiger partial charge on any atom is 0.160 e. The Kier molecular flexibility index (Phi) is 3.03. The molecule has 0 radical (unpaired) electrons. The van der Waals surface area contributed by atoms with Gasteiger partial charge in [-0.15, -0.1) is 11.3 Å². The van der Waals surface area contributed by atoms with Crippen LogP contribution in [0.4, 0.5) is 0 Å². The predicted octanol–water partition coefficient (Wildman–Crippen LogP) is 3.92. The zero-order valence-electron chi connectivity index (χ0n) is 11.6. The van der Waals surface area contributed by atoms with Crippen LogP contribution in [0, 0.1) is 18.3 Å². The van der Waals surface area contributed by atoms with Gasteiger partial charge in [-0.3, -0.25) is 0 Å². The van der Waals surface area contributed by atoms with E-state index in [2.05, 4.69) is 34.5 Å². The first kappa shape index (κ1) is 12.8. The fourth-order valence-electron chi connectivity index (χ4n) is 2.34. The molecular weight excluding hydrogens is 268 g/mol. The van der Waals surface area contributed by atoms with Crippen molar-refractivity contribution < 1.29 is 0 Å². The van der Waals surface area contributed by atoms with E-state index in [-0.39, 0.29) is 6.04 Å². The largest absolute Gasteiger partial charge is 0.320 e. The lowest BCUT2D eigenvalue weighted by Gasteiger charge is -2.11. The molecule has 0 aliphatic rings. The van der Waals surface area contributed by atoms with Crippen LogP contribution >= 0.6 is 11.3 Å². The van der Waals surface area contributed by atoms with Gasteiger partial charge in [0.1, 0.15) is 5.69 Å². The summed E-state index contributed by atoms with van der Waals surface area (Å²) in [4.78, 5) is 9.21. The van der Waals surface area contributed by atoms with E-state index in [1.165, 1.54) is 0 Å². The van der Waals surface area contributed by atoms with Crippen LogP contribution < -0.4 is 0 Å². The SMILES string of the molecule is Cc1nc(-c2nc3cc(C#N)ccc3n2C(C)C)cs1. The number of fused-ring (bicyclic) bond motifs is 1. The number of hydrogen-bond acceptors (Lipinski definition) is 4. The van der Waals surface area contributed by atoms with Crippen molar-refractivity contribution >= 4 is 22.4 Å². The molecule has 0 saturated carbocycles. The second kappa shape index (κ2) is 4.73. The van der Waals surface area contributed by atoms with Crippen molar-refractivity contribution in [1.29, 1.82) is 5.26 Å². The van der Waals surface area contributed by atoms with Crippen molar-refractivity contribution in [3.05, 3.63) is 34.2 Å². The molecule has 100 valence electrons. The number of rotatable bonds is 2. The third-order valence-electron chi connectivity index (χ3n) is 3.18. The zero-order valence-corrected chi connectivity index (χ0v) is 12.4. The van der Waals surface area contributed by atoms with E-state index in [4.69, 9.17) is 5.26 Å². The van der Waals surface area contributed by atoms with Gasteiger partial charge in [0.05, 0.1) is 27.7 Å². The van der Waals surface area contributed by atoms with Crippen LogP contribution in [-0.2, 0) is 0 Å². The van der Waals surface area contributed by atoms with E-state index >= 15 is 0 Å². The summed E-state index contributed by atoms with van der Waals surface area (Å²) in [6.07, 6.45) is 0. The molecule has 5 heteroatoms. The number of hydrogen-bond donors (Lipinski definition) is 0. The molecule has 3 aromatic rings. The highest BCUT2D eigenvalue weighted by molar-refractivity contribution is 7.09. The van der Waals surface area contributed by atoms with Crippen molar-refractivity contribution in [3.8, 4) is 17.6 Å². The molecule has 0 saturated heterocycles. The molecule has 0 amide bonds. The normalized spacial score (nSPS) is 11.2. The highest BCUT2D eigenvalue weighted by atomic mass is 32.1. The molecule has 1 aromatic carbocycles. The molecule has 0 N–H and O–H groups in total. The van der Waals surface area contributed by atoms with Crippen LogP contribution in [-0.4, -0.2) is 14.5 Å². The number of nitriles is 1. The van der Waals surface area contributed by atoms with Crippen molar-refractivity contribution in [2.75, 3.05) is 0 Å². The van der Waals surface area contributed by atoms with Crippen molar-refractivity contribution in [2.24, 2.45) is 0 Å². The smallest absolute Gasteiger partial charge is 0.160 e. The number of thiazole rings is 1. The van der Waals surface area contributed by atoms with Gasteiger partial charge >= 0.3 is 0 Å². The summed E-state index contributed by atoms with van der Waals surface area (Å²) in [5, 5.41) is 12.1. The molecule has 2 heterocycles. The molecule has 0 fully saturated rings. The lowest BCUT2D eigenvalue weighted by Crippen LogP contribution is -2.03. The summed E-state index contributed by atoms with van der Waals surface area (Å²) >= 11 is 1.62. The molecular formula is C15H14N4S. The minimum absolute atomic E-state index is 0.282. The minimum atomic E-state index is 0.282. The van der Waals surface area contributed by atoms with Crippen LogP contribution in [0.5, 0.6) is 0 Å². The van der Waals surface area contributed by atoms with Gasteiger partial charge in [-0.2, -0.15) is 5.26 Å². The molecule has 3 rings (SSSR count). The summed E-state index contributed by atoms with van der Waals surface area (Å²) in [5.41, 5.74) is 3.42. The van der Waals surface area contributed by atoms with Crippen LogP contribution in [0.25, 0.3) is 22.6 Å². The Morgan fingerprint density at radius 3 is 2.70 bits per heavy atom. The van der Waals surface area contributed by atoms with Crippen molar-refractivity contribution in [1.82, 2.24) is 14.5 Å². The summed E-state index contributed by atoms with van der Waals surface area (Å²) in [7, 11) is 0. The topological polar surface area (TPSA) is 54.5 Å². The van der Waals surface area contributed by atoms with Crippen LogP contribution in [0.1, 0.15) is 30.5 Å². The van der Waals surface area contributed by atoms with Gasteiger partial charge in [0.2, 0.25) is 0 Å². The maximum absolute atomic E-state index is 9.01. The predicted molar refractivity (Wildman–Crippen MR) is 80.7 cm³/mol. The van der Waals surface area contributed by atoms with E-state index < -0.39 is 0 Å². The van der Waals surface area contributed by atoms with E-state index in [1.807, 2.05) is 30.5 Å². The molecule has 0 unspecified atom stereocenters. The van der Waals surface area contributed by atoms with E-state index in [0.29, 0.717) is 5.56 Å². The first-order chi connectivity index (χ1) is 9.60. The van der Waals surface area contributed by atoms with Crippen LogP contribution in [0.15, 0.2) is 23.6 Å². The molecule has 0 spiro atoms. The zero-order chi connectivity index (χ0) is 14.3. The minimum Gasteiger partial charge on any atom is -0.320 e. The molecule has 20 heavy (non-hydrogen) atoms. The number of aromatic nitrogens is 3. The van der Waals surface area contributed by atoms with E-state index in [9.17, 15) is 0 Å². The number of nitrogens with zero attached hydrogens (tertiary/aromatic N) is 4. The Morgan fingerprint density at radius 2 is 2.10 bits per heavy atom. The third-order valence-corrected chi connectivity index (χ3v) is 3.96. The molecule has 4 nitrogen and oxygen atoms in total. The summed E-state index contributed by atoms with van der Waals surface area (Å²) in [5.74, 6) is 0.870. The van der Waals surface area contributed by atoms with Gasteiger partial charge in [0.15, 0.2) is 5.82 Å². The Labute approximate surface area is 121 Å². The van der Waals surface area contributed by atoms with Gasteiger partial charge in [-0.1, -0.05) is 0 Å². The summed E-state index contributed by atoms with van der Waals surface area (Å²) in [6.45, 7) is 6.24. The van der Waals surface area contributed by atoms with Gasteiger partial charge < -0.3 is 4.57 Å². The molecule has 0 aliphatic heterocycles.